The van der Waals surface area contributed by atoms with Crippen LogP contribution in [0.5, 0.6) is 0 Å². The summed E-state index contributed by atoms with van der Waals surface area (Å²) >= 11 is 0. The number of rotatable bonds is 4. The van der Waals surface area contributed by atoms with Crippen molar-refractivity contribution >= 4 is 11.9 Å². The molecule has 25 heavy (non-hydrogen) atoms. The highest BCUT2D eigenvalue weighted by atomic mass is 16.6. The van der Waals surface area contributed by atoms with Gasteiger partial charge in [-0.1, -0.05) is 48.6 Å². The van der Waals surface area contributed by atoms with Crippen LogP contribution in [0.4, 0.5) is 0 Å². The first kappa shape index (κ1) is 16.7. The molecule has 0 fully saturated rings. The molecular formula is C21H18O4. The predicted octanol–water partition coefficient (Wildman–Crippen LogP) is 3.95. The molecule has 0 spiro atoms. The van der Waals surface area contributed by atoms with Gasteiger partial charge in [-0.3, -0.25) is 0 Å². The van der Waals surface area contributed by atoms with Crippen LogP contribution in [0.15, 0.2) is 84.5 Å². The first-order chi connectivity index (χ1) is 12.1. The van der Waals surface area contributed by atoms with Crippen LogP contribution in [0.25, 0.3) is 0 Å². The second kappa shape index (κ2) is 7.62. The Balaban J connectivity index is 1.74. The van der Waals surface area contributed by atoms with Gasteiger partial charge in [0.05, 0.1) is 11.1 Å². The minimum Gasteiger partial charge on any atom is -0.450 e. The third kappa shape index (κ3) is 4.04. The Labute approximate surface area is 146 Å². The monoisotopic (exact) mass is 334 g/mol. The van der Waals surface area contributed by atoms with Crippen LogP contribution in [0, 0.1) is 0 Å². The van der Waals surface area contributed by atoms with Gasteiger partial charge in [0, 0.05) is 0 Å². The Kier molecular flexibility index (Phi) is 5.09. The number of hydrogen-bond acceptors (Lipinski definition) is 4. The first-order valence-electron chi connectivity index (χ1n) is 8.02. The van der Waals surface area contributed by atoms with Crippen LogP contribution in [-0.4, -0.2) is 24.1 Å². The lowest BCUT2D eigenvalue weighted by Gasteiger charge is -2.27. The van der Waals surface area contributed by atoms with E-state index in [-0.39, 0.29) is 0 Å². The van der Waals surface area contributed by atoms with Gasteiger partial charge in [0.25, 0.3) is 0 Å². The highest BCUT2D eigenvalue weighted by molar-refractivity contribution is 5.90. The van der Waals surface area contributed by atoms with Crippen molar-refractivity contribution in [2.75, 3.05) is 0 Å². The fourth-order valence-corrected chi connectivity index (χ4v) is 2.56. The van der Waals surface area contributed by atoms with E-state index in [0.717, 1.165) is 5.57 Å². The van der Waals surface area contributed by atoms with Crippen molar-refractivity contribution in [2.45, 2.75) is 19.1 Å². The van der Waals surface area contributed by atoms with Gasteiger partial charge >= 0.3 is 11.9 Å². The molecule has 0 N–H and O–H groups in total. The zero-order chi connectivity index (χ0) is 17.6. The van der Waals surface area contributed by atoms with Crippen LogP contribution in [0.1, 0.15) is 27.6 Å². The standard InChI is InChI=1S/C21H18O4/c1-15-9-8-14-18(24-20(22)16-10-4-2-5-11-16)19(15)25-21(23)17-12-6-3-7-13-17/h2-14,18-19H,1H3/t18-,19+/m0/s1. The Hall–Kier alpha value is -3.14. The molecule has 0 amide bonds. The van der Waals surface area contributed by atoms with E-state index in [0.29, 0.717) is 11.1 Å². The summed E-state index contributed by atoms with van der Waals surface area (Å²) in [6.07, 6.45) is 4.05. The number of allylic oxidation sites excluding steroid dienone is 2. The summed E-state index contributed by atoms with van der Waals surface area (Å²) in [5.41, 5.74) is 1.73. The number of carbonyl (C=O) groups is 2. The molecule has 126 valence electrons. The number of benzene rings is 2. The summed E-state index contributed by atoms with van der Waals surface area (Å²) < 4.78 is 11.2. The topological polar surface area (TPSA) is 52.6 Å². The Bertz CT molecular complexity index is 806. The molecular weight excluding hydrogens is 316 g/mol. The van der Waals surface area contributed by atoms with Crippen LogP contribution < -0.4 is 0 Å². The van der Waals surface area contributed by atoms with Crippen LogP contribution >= 0.6 is 0 Å². The smallest absolute Gasteiger partial charge is 0.338 e. The quantitative estimate of drug-likeness (QED) is 0.794. The number of ether oxygens (including phenoxy) is 2. The van der Waals surface area contributed by atoms with Gasteiger partial charge < -0.3 is 9.47 Å². The van der Waals surface area contributed by atoms with Gasteiger partial charge in [-0.15, -0.1) is 0 Å². The molecule has 1 aliphatic rings. The maximum absolute atomic E-state index is 12.3. The summed E-state index contributed by atoms with van der Waals surface area (Å²) in [7, 11) is 0. The normalized spacial score (nSPS) is 19.0. The summed E-state index contributed by atoms with van der Waals surface area (Å²) in [5, 5.41) is 0. The van der Waals surface area contributed by atoms with Gasteiger partial charge in [0.15, 0.2) is 12.2 Å². The average Bonchev–Trinajstić information content (AvgIpc) is 2.66. The molecule has 0 radical (unpaired) electrons. The largest absolute Gasteiger partial charge is 0.450 e. The molecule has 0 heterocycles. The molecule has 2 aromatic rings. The fourth-order valence-electron chi connectivity index (χ4n) is 2.56. The second-order valence-electron chi connectivity index (χ2n) is 5.72. The molecule has 0 saturated heterocycles. The molecule has 3 rings (SSSR count). The van der Waals surface area contributed by atoms with Gasteiger partial charge in [-0.2, -0.15) is 0 Å². The highest BCUT2D eigenvalue weighted by Gasteiger charge is 2.30. The Morgan fingerprint density at radius 2 is 1.32 bits per heavy atom. The molecule has 0 saturated carbocycles. The van der Waals surface area contributed by atoms with Crippen molar-refractivity contribution in [1.29, 1.82) is 0 Å². The molecule has 0 unspecified atom stereocenters. The van der Waals surface area contributed by atoms with Crippen molar-refractivity contribution in [3.63, 3.8) is 0 Å². The zero-order valence-corrected chi connectivity index (χ0v) is 13.8. The van der Waals surface area contributed by atoms with Gasteiger partial charge in [0.1, 0.15) is 0 Å². The molecule has 0 bridgehead atoms. The second-order valence-corrected chi connectivity index (χ2v) is 5.72. The maximum Gasteiger partial charge on any atom is 0.338 e. The van der Waals surface area contributed by atoms with E-state index in [9.17, 15) is 9.59 Å². The van der Waals surface area contributed by atoms with Crippen LogP contribution in [0.2, 0.25) is 0 Å². The highest BCUT2D eigenvalue weighted by Crippen LogP contribution is 2.22. The molecule has 4 heteroatoms. The maximum atomic E-state index is 12.3. The van der Waals surface area contributed by atoms with Crippen molar-refractivity contribution in [1.82, 2.24) is 0 Å². The molecule has 4 nitrogen and oxygen atoms in total. The number of hydrogen-bond donors (Lipinski definition) is 0. The summed E-state index contributed by atoms with van der Waals surface area (Å²) in [6.45, 7) is 1.84. The molecule has 2 atom stereocenters. The molecule has 2 aromatic carbocycles. The van der Waals surface area contributed by atoms with E-state index in [1.165, 1.54) is 0 Å². The summed E-state index contributed by atoms with van der Waals surface area (Å²) in [5.74, 6) is -0.903. The molecule has 0 aromatic heterocycles. The van der Waals surface area contributed by atoms with E-state index in [4.69, 9.17) is 9.47 Å². The van der Waals surface area contributed by atoms with E-state index in [1.807, 2.05) is 25.1 Å². The van der Waals surface area contributed by atoms with E-state index in [2.05, 4.69) is 0 Å². The summed E-state index contributed by atoms with van der Waals surface area (Å²) in [4.78, 5) is 24.7. The zero-order valence-electron chi connectivity index (χ0n) is 13.8. The molecule has 0 aliphatic heterocycles. The fraction of sp³-hybridized carbons (Fsp3) is 0.143. The van der Waals surface area contributed by atoms with Gasteiger partial charge in [-0.05, 0) is 42.8 Å². The van der Waals surface area contributed by atoms with Gasteiger partial charge in [-0.25, -0.2) is 9.59 Å². The minimum atomic E-state index is -0.662. The summed E-state index contributed by atoms with van der Waals surface area (Å²) in [6, 6.07) is 17.5. The van der Waals surface area contributed by atoms with Crippen LogP contribution in [0.3, 0.4) is 0 Å². The van der Waals surface area contributed by atoms with E-state index < -0.39 is 24.1 Å². The van der Waals surface area contributed by atoms with E-state index in [1.54, 1.807) is 60.7 Å². The third-order valence-electron chi connectivity index (χ3n) is 3.90. The van der Waals surface area contributed by atoms with Crippen LogP contribution in [-0.2, 0) is 9.47 Å². The Morgan fingerprint density at radius 1 is 0.800 bits per heavy atom. The lowest BCUT2D eigenvalue weighted by Crippen LogP contribution is -2.36. The van der Waals surface area contributed by atoms with Crippen molar-refractivity contribution in [3.8, 4) is 0 Å². The third-order valence-corrected chi connectivity index (χ3v) is 3.90. The lowest BCUT2D eigenvalue weighted by molar-refractivity contribution is -0.0110. The number of carbonyl (C=O) groups excluding carboxylic acids is 2. The Morgan fingerprint density at radius 3 is 1.88 bits per heavy atom. The van der Waals surface area contributed by atoms with Crippen molar-refractivity contribution in [2.24, 2.45) is 0 Å². The SMILES string of the molecule is CC1=CC=C[C@H](OC(=O)c2ccccc2)[C@@H]1OC(=O)c1ccccc1. The first-order valence-corrected chi connectivity index (χ1v) is 8.02. The average molecular weight is 334 g/mol. The van der Waals surface area contributed by atoms with Gasteiger partial charge in [0.2, 0.25) is 0 Å². The number of esters is 2. The lowest BCUT2D eigenvalue weighted by atomic mass is 10.00. The molecule has 1 aliphatic carbocycles. The minimum absolute atomic E-state index is 0.450. The van der Waals surface area contributed by atoms with Crippen molar-refractivity contribution in [3.05, 3.63) is 95.6 Å². The predicted molar refractivity (Wildman–Crippen MR) is 94.2 cm³/mol. The van der Waals surface area contributed by atoms with Crippen molar-refractivity contribution < 1.29 is 19.1 Å². The van der Waals surface area contributed by atoms with E-state index >= 15 is 0 Å².